The summed E-state index contributed by atoms with van der Waals surface area (Å²) in [5, 5.41) is 0. The van der Waals surface area contributed by atoms with Crippen LogP contribution in [-0.2, 0) is 10.8 Å². The summed E-state index contributed by atoms with van der Waals surface area (Å²) in [6, 6.07) is 69.6. The third-order valence-corrected chi connectivity index (χ3v) is 12.1. The fourth-order valence-electron chi connectivity index (χ4n) is 10.4. The summed E-state index contributed by atoms with van der Waals surface area (Å²) in [7, 11) is 0. The number of hydrogen-bond acceptors (Lipinski definition) is 2. The molecule has 4 aliphatic rings. The Balaban J connectivity index is 1.25. The molecule has 0 fully saturated rings. The molecule has 0 bridgehead atoms. The Bertz CT molecular complexity index is 2750. The first kappa shape index (κ1) is 28.1. The van der Waals surface area contributed by atoms with Gasteiger partial charge in [0.1, 0.15) is 0 Å². The van der Waals surface area contributed by atoms with Crippen molar-refractivity contribution in [1.29, 1.82) is 0 Å². The average molecular weight is 662 g/mol. The lowest BCUT2D eigenvalue weighted by atomic mass is 9.52. The van der Waals surface area contributed by atoms with Crippen LogP contribution >= 0.6 is 0 Å². The summed E-state index contributed by atoms with van der Waals surface area (Å²) >= 11 is 0. The lowest BCUT2D eigenvalue weighted by molar-refractivity contribution is 0.477. The molecule has 3 aliphatic carbocycles. The van der Waals surface area contributed by atoms with Crippen molar-refractivity contribution in [1.82, 2.24) is 0 Å². The molecule has 1 aliphatic heterocycles. The van der Waals surface area contributed by atoms with Gasteiger partial charge in [0.2, 0.25) is 0 Å². The number of para-hydroxylation sites is 4. The summed E-state index contributed by atoms with van der Waals surface area (Å²) in [6.07, 6.45) is 0. The lowest BCUT2D eigenvalue weighted by Crippen LogP contribution is -2.43. The molecule has 12 rings (SSSR count). The summed E-state index contributed by atoms with van der Waals surface area (Å²) in [6.45, 7) is 0. The Labute approximate surface area is 302 Å². The second kappa shape index (κ2) is 9.99. The van der Waals surface area contributed by atoms with Gasteiger partial charge in [-0.1, -0.05) is 158 Å². The van der Waals surface area contributed by atoms with Crippen molar-refractivity contribution in [2.75, 3.05) is 4.90 Å². The van der Waals surface area contributed by atoms with E-state index in [1.165, 1.54) is 66.8 Å². The van der Waals surface area contributed by atoms with Gasteiger partial charge in [-0.25, -0.2) is 0 Å². The minimum absolute atomic E-state index is 0.455. The van der Waals surface area contributed by atoms with E-state index in [9.17, 15) is 0 Å². The van der Waals surface area contributed by atoms with Crippen molar-refractivity contribution in [3.63, 3.8) is 0 Å². The summed E-state index contributed by atoms with van der Waals surface area (Å²) in [5.41, 5.74) is 18.1. The van der Waals surface area contributed by atoms with Crippen LogP contribution in [0.4, 0.5) is 17.1 Å². The number of ether oxygens (including phenoxy) is 1. The summed E-state index contributed by atoms with van der Waals surface area (Å²) in [4.78, 5) is 2.41. The van der Waals surface area contributed by atoms with E-state index >= 15 is 0 Å². The van der Waals surface area contributed by atoms with Crippen molar-refractivity contribution < 1.29 is 4.74 Å². The first-order valence-electron chi connectivity index (χ1n) is 18.1. The average Bonchev–Trinajstić information content (AvgIpc) is 3.69. The minimum Gasteiger partial charge on any atom is -0.453 e. The van der Waals surface area contributed by atoms with Crippen LogP contribution in [0.5, 0.6) is 11.5 Å². The highest BCUT2D eigenvalue weighted by Crippen LogP contribution is 2.69. The van der Waals surface area contributed by atoms with Gasteiger partial charge < -0.3 is 9.64 Å². The number of fused-ring (bicyclic) bond motifs is 14. The van der Waals surface area contributed by atoms with Gasteiger partial charge in [0, 0.05) is 5.56 Å². The number of nitrogens with zero attached hydrogens (tertiary/aromatic N) is 1. The molecule has 0 aromatic heterocycles. The van der Waals surface area contributed by atoms with Crippen LogP contribution in [0.25, 0.3) is 22.3 Å². The number of anilines is 3. The third kappa shape index (κ3) is 3.18. The van der Waals surface area contributed by atoms with Crippen LogP contribution in [0, 0.1) is 0 Å². The Morgan fingerprint density at radius 1 is 0.327 bits per heavy atom. The molecule has 0 radical (unpaired) electrons. The molecule has 2 nitrogen and oxygen atoms in total. The molecule has 2 atom stereocenters. The third-order valence-electron chi connectivity index (χ3n) is 12.1. The Morgan fingerprint density at radius 2 is 0.808 bits per heavy atom. The van der Waals surface area contributed by atoms with E-state index in [4.69, 9.17) is 4.74 Å². The predicted molar refractivity (Wildman–Crippen MR) is 209 cm³/mol. The van der Waals surface area contributed by atoms with Crippen molar-refractivity contribution >= 4 is 17.1 Å². The highest BCUT2D eigenvalue weighted by molar-refractivity contribution is 6.01. The quantitative estimate of drug-likeness (QED) is 0.183. The normalized spacial score (nSPS) is 19.0. The molecule has 8 aromatic carbocycles. The van der Waals surface area contributed by atoms with Crippen molar-refractivity contribution in [3.05, 3.63) is 233 Å². The first-order chi connectivity index (χ1) is 25.8. The maximum absolute atomic E-state index is 6.49. The van der Waals surface area contributed by atoms with E-state index < -0.39 is 10.8 Å². The van der Waals surface area contributed by atoms with Gasteiger partial charge >= 0.3 is 0 Å². The fraction of sp³-hybridized carbons (Fsp3) is 0.0400. The zero-order chi connectivity index (χ0) is 34.0. The van der Waals surface area contributed by atoms with Crippen molar-refractivity contribution in [3.8, 4) is 33.8 Å². The van der Waals surface area contributed by atoms with E-state index in [2.05, 4.69) is 193 Å². The highest BCUT2D eigenvalue weighted by Gasteiger charge is 2.60. The molecule has 0 saturated carbocycles. The molecule has 0 N–H and O–H groups in total. The SMILES string of the molecule is c1ccc(C23c4ccccc4-c4cccc(c42)C2(c4ccccc4-c4c(N5c6ccccc6Oc6ccccc65)cccc42)c2ccccc23)cc1. The Hall–Kier alpha value is -6.64. The van der Waals surface area contributed by atoms with Crippen LogP contribution in [0.15, 0.2) is 188 Å². The second-order valence-electron chi connectivity index (χ2n) is 14.3. The zero-order valence-corrected chi connectivity index (χ0v) is 28.3. The lowest BCUT2D eigenvalue weighted by Gasteiger charge is -2.48. The number of benzene rings is 8. The van der Waals surface area contributed by atoms with E-state index in [1.54, 1.807) is 0 Å². The molecule has 8 aromatic rings. The minimum atomic E-state index is -0.546. The van der Waals surface area contributed by atoms with E-state index in [1.807, 2.05) is 0 Å². The van der Waals surface area contributed by atoms with E-state index in [0.29, 0.717) is 0 Å². The van der Waals surface area contributed by atoms with Crippen LogP contribution < -0.4 is 9.64 Å². The summed E-state index contributed by atoms with van der Waals surface area (Å²) in [5.74, 6) is 1.71. The maximum atomic E-state index is 6.49. The monoisotopic (exact) mass is 661 g/mol. The van der Waals surface area contributed by atoms with Gasteiger partial charge in [0.15, 0.2) is 11.5 Å². The van der Waals surface area contributed by atoms with Crippen LogP contribution in [0.3, 0.4) is 0 Å². The van der Waals surface area contributed by atoms with Crippen LogP contribution in [0.1, 0.15) is 44.5 Å². The molecular weight excluding hydrogens is 631 g/mol. The van der Waals surface area contributed by atoms with Gasteiger partial charge in [-0.3, -0.25) is 0 Å². The maximum Gasteiger partial charge on any atom is 0.151 e. The molecule has 2 heteroatoms. The van der Waals surface area contributed by atoms with Crippen molar-refractivity contribution in [2.45, 2.75) is 10.8 Å². The number of rotatable bonds is 2. The van der Waals surface area contributed by atoms with Crippen LogP contribution in [0.2, 0.25) is 0 Å². The van der Waals surface area contributed by atoms with E-state index in [-0.39, 0.29) is 0 Å². The second-order valence-corrected chi connectivity index (χ2v) is 14.3. The molecule has 1 spiro atoms. The van der Waals surface area contributed by atoms with Crippen LogP contribution in [-0.4, -0.2) is 0 Å². The standard InChI is InChI=1S/C50H31NO/c1-2-16-32(17-3-1)49-36-21-6-4-18-33(36)34-20-14-26-41(48(34)49)50(39-24-9-8-23-38(39)49)37-22-7-5-19-35(37)47-40(50)25-15-29-44(47)51-42-27-10-12-30-45(42)52-46-31-13-11-28-43(46)51/h1-31H. The van der Waals surface area contributed by atoms with Gasteiger partial charge in [-0.15, -0.1) is 0 Å². The molecule has 0 amide bonds. The molecule has 242 valence electrons. The first-order valence-corrected chi connectivity index (χ1v) is 18.1. The Morgan fingerprint density at radius 3 is 1.54 bits per heavy atom. The zero-order valence-electron chi connectivity index (χ0n) is 28.3. The molecule has 2 unspecified atom stereocenters. The number of hydrogen-bond donors (Lipinski definition) is 0. The Kier molecular flexibility index (Phi) is 5.40. The fourth-order valence-corrected chi connectivity index (χ4v) is 10.4. The predicted octanol–water partition coefficient (Wildman–Crippen LogP) is 12.3. The topological polar surface area (TPSA) is 12.5 Å². The van der Waals surface area contributed by atoms with Gasteiger partial charge in [0.25, 0.3) is 0 Å². The highest BCUT2D eigenvalue weighted by atomic mass is 16.5. The van der Waals surface area contributed by atoms with Crippen molar-refractivity contribution in [2.24, 2.45) is 0 Å². The molecule has 52 heavy (non-hydrogen) atoms. The summed E-state index contributed by atoms with van der Waals surface area (Å²) < 4.78 is 6.49. The molecule has 1 heterocycles. The van der Waals surface area contributed by atoms with Gasteiger partial charge in [0.05, 0.1) is 27.9 Å². The van der Waals surface area contributed by atoms with Gasteiger partial charge in [-0.05, 0) is 91.5 Å². The van der Waals surface area contributed by atoms with Gasteiger partial charge in [-0.2, -0.15) is 0 Å². The largest absolute Gasteiger partial charge is 0.453 e. The van der Waals surface area contributed by atoms with E-state index in [0.717, 1.165) is 28.6 Å². The molecular formula is C50H31NO. The molecule has 0 saturated heterocycles. The smallest absolute Gasteiger partial charge is 0.151 e.